The third kappa shape index (κ3) is 9.80. The summed E-state index contributed by atoms with van der Waals surface area (Å²) in [6.07, 6.45) is 3.50. The molecule has 0 fully saturated rings. The zero-order chi connectivity index (χ0) is 7.82. The fourth-order valence-corrected chi connectivity index (χ4v) is 0.313. The van der Waals surface area contributed by atoms with E-state index in [-0.39, 0.29) is 0 Å². The van der Waals surface area contributed by atoms with Crippen molar-refractivity contribution in [3.05, 3.63) is 30.6 Å². The molecule has 0 aliphatic heterocycles. The van der Waals surface area contributed by atoms with E-state index < -0.39 is 5.97 Å². The quantitative estimate of drug-likeness (QED) is 0.587. The van der Waals surface area contributed by atoms with E-state index in [0.717, 1.165) is 6.92 Å². The summed E-state index contributed by atoms with van der Waals surface area (Å²) in [5.74, 6) is -0.833. The van der Waals surface area contributed by atoms with Crippen molar-refractivity contribution in [1.29, 1.82) is 0 Å². The normalized spacial score (nSPS) is 7.30. The maximum Gasteiger partial charge on any atom is 0.300 e. The minimum absolute atomic E-state index is 0.833. The second-order valence-electron chi connectivity index (χ2n) is 1.54. The Morgan fingerprint density at radius 2 is 1.70 bits per heavy atom. The van der Waals surface area contributed by atoms with Crippen LogP contribution in [0.1, 0.15) is 6.92 Å². The smallest absolute Gasteiger partial charge is 0.300 e. The van der Waals surface area contributed by atoms with Gasteiger partial charge in [-0.3, -0.25) is 9.78 Å². The van der Waals surface area contributed by atoms with Crippen LogP contribution in [0.2, 0.25) is 0 Å². The second kappa shape index (κ2) is 5.75. The van der Waals surface area contributed by atoms with E-state index in [2.05, 4.69) is 4.98 Å². The van der Waals surface area contributed by atoms with Crippen molar-refractivity contribution in [1.82, 2.24) is 4.98 Å². The summed E-state index contributed by atoms with van der Waals surface area (Å²) >= 11 is 0. The van der Waals surface area contributed by atoms with Crippen LogP contribution in [0.15, 0.2) is 30.6 Å². The molecule has 1 aromatic rings. The van der Waals surface area contributed by atoms with Crippen molar-refractivity contribution < 1.29 is 9.90 Å². The van der Waals surface area contributed by atoms with Crippen LogP contribution in [-0.2, 0) is 4.79 Å². The second-order valence-corrected chi connectivity index (χ2v) is 1.54. The van der Waals surface area contributed by atoms with E-state index in [0.29, 0.717) is 0 Å². The van der Waals surface area contributed by atoms with Crippen LogP contribution < -0.4 is 0 Å². The van der Waals surface area contributed by atoms with Gasteiger partial charge in [0, 0.05) is 19.3 Å². The van der Waals surface area contributed by atoms with E-state index in [1.807, 2.05) is 18.2 Å². The largest absolute Gasteiger partial charge is 0.481 e. The number of aromatic nitrogens is 1. The van der Waals surface area contributed by atoms with Gasteiger partial charge in [0.15, 0.2) is 0 Å². The predicted molar refractivity (Wildman–Crippen MR) is 37.5 cm³/mol. The van der Waals surface area contributed by atoms with Crippen molar-refractivity contribution in [2.24, 2.45) is 0 Å². The Morgan fingerprint density at radius 3 is 1.80 bits per heavy atom. The first-order valence-electron chi connectivity index (χ1n) is 2.78. The molecule has 0 bridgehead atoms. The maximum absolute atomic E-state index is 9.00. The predicted octanol–water partition coefficient (Wildman–Crippen LogP) is 1.17. The fraction of sp³-hybridized carbons (Fsp3) is 0.143. The third-order valence-electron chi connectivity index (χ3n) is 0.566. The molecule has 0 amide bonds. The van der Waals surface area contributed by atoms with Gasteiger partial charge in [0.2, 0.25) is 0 Å². The number of carboxylic acid groups (broad SMARTS) is 1. The van der Waals surface area contributed by atoms with Gasteiger partial charge in [-0.25, -0.2) is 0 Å². The van der Waals surface area contributed by atoms with Crippen LogP contribution in [-0.4, -0.2) is 16.1 Å². The number of rotatable bonds is 0. The Kier molecular flexibility index (Phi) is 4.96. The molecule has 0 aliphatic carbocycles. The highest BCUT2D eigenvalue weighted by atomic mass is 16.4. The van der Waals surface area contributed by atoms with Gasteiger partial charge < -0.3 is 5.11 Å². The van der Waals surface area contributed by atoms with Crippen LogP contribution >= 0.6 is 0 Å². The van der Waals surface area contributed by atoms with Gasteiger partial charge in [0.1, 0.15) is 0 Å². The molecule has 0 atom stereocenters. The van der Waals surface area contributed by atoms with Gasteiger partial charge in [-0.05, 0) is 12.1 Å². The van der Waals surface area contributed by atoms with Crippen LogP contribution in [0.5, 0.6) is 0 Å². The van der Waals surface area contributed by atoms with Gasteiger partial charge in [-0.15, -0.1) is 0 Å². The average molecular weight is 139 g/mol. The number of carboxylic acids is 1. The van der Waals surface area contributed by atoms with Crippen LogP contribution in [0.25, 0.3) is 0 Å². The van der Waals surface area contributed by atoms with Gasteiger partial charge >= 0.3 is 0 Å². The number of nitrogens with zero attached hydrogens (tertiary/aromatic N) is 1. The summed E-state index contributed by atoms with van der Waals surface area (Å²) in [6, 6.07) is 5.72. The van der Waals surface area contributed by atoms with Crippen LogP contribution in [0.3, 0.4) is 0 Å². The summed E-state index contributed by atoms with van der Waals surface area (Å²) in [5, 5.41) is 7.42. The molecule has 3 nitrogen and oxygen atoms in total. The number of carbonyl (C=O) groups is 1. The monoisotopic (exact) mass is 139 g/mol. The first-order valence-corrected chi connectivity index (χ1v) is 2.78. The fourth-order valence-electron chi connectivity index (χ4n) is 0.313. The van der Waals surface area contributed by atoms with Crippen LogP contribution in [0, 0.1) is 0 Å². The Hall–Kier alpha value is -1.38. The van der Waals surface area contributed by atoms with Gasteiger partial charge in [-0.1, -0.05) is 6.07 Å². The molecule has 0 saturated heterocycles. The van der Waals surface area contributed by atoms with E-state index in [9.17, 15) is 0 Å². The highest BCUT2D eigenvalue weighted by Crippen LogP contribution is 1.73. The average Bonchev–Trinajstić information content (AvgIpc) is 1.90. The highest BCUT2D eigenvalue weighted by Gasteiger charge is 1.65. The first kappa shape index (κ1) is 8.62. The molecule has 0 aromatic carbocycles. The van der Waals surface area contributed by atoms with Gasteiger partial charge in [0.05, 0.1) is 0 Å². The Balaban J connectivity index is 0.000000180. The number of hydrogen-bond donors (Lipinski definition) is 1. The van der Waals surface area contributed by atoms with Crippen LogP contribution in [0.4, 0.5) is 0 Å². The molecule has 0 radical (unpaired) electrons. The molecule has 1 rings (SSSR count). The minimum atomic E-state index is -0.833. The summed E-state index contributed by atoms with van der Waals surface area (Å²) in [6.45, 7) is 1.08. The minimum Gasteiger partial charge on any atom is -0.481 e. The highest BCUT2D eigenvalue weighted by molar-refractivity contribution is 5.62. The molecule has 0 aliphatic rings. The molecule has 0 saturated carbocycles. The third-order valence-corrected chi connectivity index (χ3v) is 0.566. The lowest BCUT2D eigenvalue weighted by Crippen LogP contribution is -1.78. The topological polar surface area (TPSA) is 50.2 Å². The molecular weight excluding hydrogens is 130 g/mol. The zero-order valence-electron chi connectivity index (χ0n) is 5.69. The Morgan fingerprint density at radius 1 is 1.30 bits per heavy atom. The lowest BCUT2D eigenvalue weighted by molar-refractivity contribution is -0.134. The molecule has 0 unspecified atom stereocenters. The van der Waals surface area contributed by atoms with Crippen molar-refractivity contribution >= 4 is 5.97 Å². The molecule has 1 aromatic heterocycles. The molecule has 54 valence electrons. The molecule has 1 N–H and O–H groups in total. The first-order chi connectivity index (χ1) is 4.73. The van der Waals surface area contributed by atoms with Crippen molar-refractivity contribution in [3.63, 3.8) is 0 Å². The zero-order valence-corrected chi connectivity index (χ0v) is 5.69. The Bertz CT molecular complexity index is 144. The standard InChI is InChI=1S/C5H5N.C2H4O2/c1-2-4-6-5-3-1;1-2(3)4/h1-5H;1H3,(H,3,4). The van der Waals surface area contributed by atoms with E-state index >= 15 is 0 Å². The summed E-state index contributed by atoms with van der Waals surface area (Å²) in [4.78, 5) is 12.8. The number of aliphatic carboxylic acids is 1. The molecule has 0 spiro atoms. The Labute approximate surface area is 59.3 Å². The van der Waals surface area contributed by atoms with Gasteiger partial charge in [-0.2, -0.15) is 0 Å². The summed E-state index contributed by atoms with van der Waals surface area (Å²) < 4.78 is 0. The van der Waals surface area contributed by atoms with E-state index in [4.69, 9.17) is 9.90 Å². The molecular formula is C7H9NO2. The molecule has 3 heteroatoms. The maximum atomic E-state index is 9.00. The molecule has 10 heavy (non-hydrogen) atoms. The number of hydrogen-bond acceptors (Lipinski definition) is 2. The summed E-state index contributed by atoms with van der Waals surface area (Å²) in [5.41, 5.74) is 0. The van der Waals surface area contributed by atoms with Gasteiger partial charge in [0.25, 0.3) is 5.97 Å². The lowest BCUT2D eigenvalue weighted by Gasteiger charge is -1.70. The van der Waals surface area contributed by atoms with Crippen molar-refractivity contribution in [3.8, 4) is 0 Å². The number of pyridine rings is 1. The summed E-state index contributed by atoms with van der Waals surface area (Å²) in [7, 11) is 0. The van der Waals surface area contributed by atoms with E-state index in [1.165, 1.54) is 0 Å². The lowest BCUT2D eigenvalue weighted by atomic mass is 10.5. The SMILES string of the molecule is CC(=O)O.c1ccncc1. The van der Waals surface area contributed by atoms with E-state index in [1.54, 1.807) is 12.4 Å². The van der Waals surface area contributed by atoms with Crippen molar-refractivity contribution in [2.75, 3.05) is 0 Å². The molecule has 1 heterocycles. The van der Waals surface area contributed by atoms with Crippen molar-refractivity contribution in [2.45, 2.75) is 6.92 Å².